The van der Waals surface area contributed by atoms with E-state index in [1.165, 1.54) is 10.9 Å². The Hall–Kier alpha value is -1.26. The van der Waals surface area contributed by atoms with Crippen LogP contribution in [0.15, 0.2) is 24.3 Å². The summed E-state index contributed by atoms with van der Waals surface area (Å²) in [5.41, 5.74) is 2.04. The van der Waals surface area contributed by atoms with Crippen molar-refractivity contribution in [1.82, 2.24) is 10.3 Å². The molecule has 2 aromatic rings. The van der Waals surface area contributed by atoms with Crippen LogP contribution in [0, 0.1) is 19.7 Å². The van der Waals surface area contributed by atoms with Crippen LogP contribution in [0.2, 0.25) is 0 Å². The number of rotatable bonds is 4. The molecule has 4 heteroatoms. The summed E-state index contributed by atoms with van der Waals surface area (Å²) >= 11 is 1.72. The van der Waals surface area contributed by atoms with Crippen molar-refractivity contribution in [2.45, 2.75) is 39.8 Å². The fraction of sp³-hybridized carbons (Fsp3) is 0.400. The van der Waals surface area contributed by atoms with Gasteiger partial charge < -0.3 is 5.32 Å². The molecule has 0 saturated heterocycles. The van der Waals surface area contributed by atoms with Gasteiger partial charge in [0.2, 0.25) is 0 Å². The predicted molar refractivity (Wildman–Crippen MR) is 78.0 cm³/mol. The highest BCUT2D eigenvalue weighted by molar-refractivity contribution is 7.11. The highest BCUT2D eigenvalue weighted by atomic mass is 32.1. The van der Waals surface area contributed by atoms with Gasteiger partial charge >= 0.3 is 0 Å². The lowest BCUT2D eigenvalue weighted by molar-refractivity contribution is 0.495. The van der Waals surface area contributed by atoms with Crippen molar-refractivity contribution in [3.05, 3.63) is 51.2 Å². The van der Waals surface area contributed by atoms with Gasteiger partial charge in [0, 0.05) is 17.0 Å². The fourth-order valence-corrected chi connectivity index (χ4v) is 3.21. The Morgan fingerprint density at radius 3 is 2.53 bits per heavy atom. The van der Waals surface area contributed by atoms with E-state index in [1.807, 2.05) is 19.9 Å². The summed E-state index contributed by atoms with van der Waals surface area (Å²) in [6.07, 6.45) is 0. The molecule has 1 unspecified atom stereocenters. The van der Waals surface area contributed by atoms with E-state index in [9.17, 15) is 4.39 Å². The van der Waals surface area contributed by atoms with Crippen LogP contribution in [0.1, 0.15) is 47.1 Å². The SMILES string of the molecule is Cc1nc(C)c(C(C)N[C@H](C)c2cccc(F)c2)s1. The van der Waals surface area contributed by atoms with Crippen LogP contribution >= 0.6 is 11.3 Å². The van der Waals surface area contributed by atoms with Crippen molar-refractivity contribution >= 4 is 11.3 Å². The summed E-state index contributed by atoms with van der Waals surface area (Å²) in [5, 5.41) is 4.58. The van der Waals surface area contributed by atoms with E-state index < -0.39 is 0 Å². The lowest BCUT2D eigenvalue weighted by Crippen LogP contribution is -2.22. The Kier molecular flexibility index (Phi) is 4.32. The molecule has 102 valence electrons. The Morgan fingerprint density at radius 1 is 1.21 bits per heavy atom. The molecule has 2 atom stereocenters. The molecule has 0 saturated carbocycles. The molecule has 1 heterocycles. The standard InChI is InChI=1S/C15H19FN2S/c1-9(13-6-5-7-14(16)8-13)17-10(2)15-11(3)18-12(4)19-15/h5-10,17H,1-4H3/t9-,10?/m1/s1. The number of thiazole rings is 1. The Labute approximate surface area is 117 Å². The minimum atomic E-state index is -0.191. The summed E-state index contributed by atoms with van der Waals surface area (Å²) in [4.78, 5) is 5.70. The van der Waals surface area contributed by atoms with E-state index >= 15 is 0 Å². The molecule has 2 nitrogen and oxygen atoms in total. The maximum atomic E-state index is 13.2. The van der Waals surface area contributed by atoms with E-state index in [0.29, 0.717) is 0 Å². The van der Waals surface area contributed by atoms with Gasteiger partial charge in [-0.1, -0.05) is 12.1 Å². The van der Waals surface area contributed by atoms with Gasteiger partial charge in [0.15, 0.2) is 0 Å². The maximum absolute atomic E-state index is 13.2. The molecule has 0 aliphatic heterocycles. The number of aryl methyl sites for hydroxylation is 2. The van der Waals surface area contributed by atoms with Crippen LogP contribution in [0.25, 0.3) is 0 Å². The Balaban J connectivity index is 2.10. The van der Waals surface area contributed by atoms with Gasteiger partial charge in [-0.15, -0.1) is 11.3 Å². The topological polar surface area (TPSA) is 24.9 Å². The monoisotopic (exact) mass is 278 g/mol. The van der Waals surface area contributed by atoms with Crippen molar-refractivity contribution < 1.29 is 4.39 Å². The van der Waals surface area contributed by atoms with Crippen molar-refractivity contribution in [2.24, 2.45) is 0 Å². The van der Waals surface area contributed by atoms with E-state index in [0.717, 1.165) is 16.3 Å². The molecule has 1 aromatic carbocycles. The van der Waals surface area contributed by atoms with Crippen LogP contribution in [0.3, 0.4) is 0 Å². The summed E-state index contributed by atoms with van der Waals surface area (Å²) < 4.78 is 13.2. The Morgan fingerprint density at radius 2 is 1.95 bits per heavy atom. The van der Waals surface area contributed by atoms with Crippen molar-refractivity contribution in [3.63, 3.8) is 0 Å². The van der Waals surface area contributed by atoms with Gasteiger partial charge in [0.05, 0.1) is 10.7 Å². The largest absolute Gasteiger partial charge is 0.303 e. The summed E-state index contributed by atoms with van der Waals surface area (Å²) in [6, 6.07) is 7.05. The smallest absolute Gasteiger partial charge is 0.123 e. The van der Waals surface area contributed by atoms with Gasteiger partial charge in [-0.25, -0.2) is 9.37 Å². The number of nitrogens with zero attached hydrogens (tertiary/aromatic N) is 1. The first-order valence-corrected chi connectivity index (χ1v) is 7.24. The maximum Gasteiger partial charge on any atom is 0.123 e. The van der Waals surface area contributed by atoms with Crippen molar-refractivity contribution in [1.29, 1.82) is 0 Å². The quantitative estimate of drug-likeness (QED) is 0.901. The number of hydrogen-bond donors (Lipinski definition) is 1. The van der Waals surface area contributed by atoms with Crippen LogP contribution in [0.5, 0.6) is 0 Å². The second kappa shape index (κ2) is 5.80. The van der Waals surface area contributed by atoms with Crippen molar-refractivity contribution in [2.75, 3.05) is 0 Å². The molecule has 0 aliphatic carbocycles. The van der Waals surface area contributed by atoms with E-state index in [2.05, 4.69) is 24.1 Å². The molecular formula is C15H19FN2S. The van der Waals surface area contributed by atoms with Crippen LogP contribution in [-0.2, 0) is 0 Å². The first-order valence-electron chi connectivity index (χ1n) is 6.43. The van der Waals surface area contributed by atoms with Gasteiger partial charge in [-0.3, -0.25) is 0 Å². The lowest BCUT2D eigenvalue weighted by Gasteiger charge is -2.20. The van der Waals surface area contributed by atoms with Gasteiger partial charge in [-0.2, -0.15) is 0 Å². The number of hydrogen-bond acceptors (Lipinski definition) is 3. The summed E-state index contributed by atoms with van der Waals surface area (Å²) in [5.74, 6) is -0.191. The van der Waals surface area contributed by atoms with E-state index in [4.69, 9.17) is 0 Å². The lowest BCUT2D eigenvalue weighted by atomic mass is 10.1. The molecule has 1 aromatic heterocycles. The number of nitrogens with one attached hydrogen (secondary N) is 1. The highest BCUT2D eigenvalue weighted by Gasteiger charge is 2.16. The zero-order valence-electron chi connectivity index (χ0n) is 11.7. The minimum absolute atomic E-state index is 0.104. The highest BCUT2D eigenvalue weighted by Crippen LogP contribution is 2.27. The van der Waals surface area contributed by atoms with E-state index in [-0.39, 0.29) is 17.9 Å². The summed E-state index contributed by atoms with van der Waals surface area (Å²) in [7, 11) is 0. The fourth-order valence-electron chi connectivity index (χ4n) is 2.27. The van der Waals surface area contributed by atoms with Crippen LogP contribution in [0.4, 0.5) is 4.39 Å². The average molecular weight is 278 g/mol. The van der Waals surface area contributed by atoms with Gasteiger partial charge in [0.25, 0.3) is 0 Å². The third kappa shape index (κ3) is 3.39. The molecule has 0 bridgehead atoms. The molecule has 0 amide bonds. The van der Waals surface area contributed by atoms with Gasteiger partial charge in [0.1, 0.15) is 5.82 Å². The second-order valence-corrected chi connectivity index (χ2v) is 6.08. The molecule has 0 spiro atoms. The normalized spacial score (nSPS) is 14.4. The van der Waals surface area contributed by atoms with Crippen molar-refractivity contribution in [3.8, 4) is 0 Å². The number of benzene rings is 1. The molecular weight excluding hydrogens is 259 g/mol. The van der Waals surface area contributed by atoms with E-state index in [1.54, 1.807) is 23.5 Å². The average Bonchev–Trinajstić information content (AvgIpc) is 2.68. The number of halogens is 1. The first kappa shape index (κ1) is 14.2. The Bertz CT molecular complexity index is 565. The molecule has 19 heavy (non-hydrogen) atoms. The van der Waals surface area contributed by atoms with Crippen LogP contribution < -0.4 is 5.32 Å². The second-order valence-electron chi connectivity index (χ2n) is 4.85. The third-order valence-electron chi connectivity index (χ3n) is 3.18. The predicted octanol–water partition coefficient (Wildman–Crippen LogP) is 4.31. The first-order chi connectivity index (χ1) is 8.97. The van der Waals surface area contributed by atoms with Gasteiger partial charge in [-0.05, 0) is 45.4 Å². The zero-order valence-corrected chi connectivity index (χ0v) is 12.5. The molecule has 2 rings (SSSR count). The third-order valence-corrected chi connectivity index (χ3v) is 4.44. The number of aromatic nitrogens is 1. The molecule has 0 aliphatic rings. The van der Waals surface area contributed by atoms with Crippen LogP contribution in [-0.4, -0.2) is 4.98 Å². The zero-order chi connectivity index (χ0) is 14.0. The molecule has 1 N–H and O–H groups in total. The molecule has 0 fully saturated rings. The molecule has 0 radical (unpaired) electrons. The minimum Gasteiger partial charge on any atom is -0.303 e. The summed E-state index contributed by atoms with van der Waals surface area (Å²) in [6.45, 7) is 8.22.